The predicted molar refractivity (Wildman–Crippen MR) is 105 cm³/mol. The number of nitrogens with zero attached hydrogens (tertiary/aromatic N) is 1. The van der Waals surface area contributed by atoms with Gasteiger partial charge in [-0.3, -0.25) is 0 Å². The molecule has 0 amide bonds. The van der Waals surface area contributed by atoms with E-state index in [2.05, 4.69) is 65.6 Å². The molecule has 0 aliphatic carbocycles. The third kappa shape index (κ3) is 4.84. The minimum Gasteiger partial charge on any atom is -0.363 e. The maximum absolute atomic E-state index is 5.94. The lowest BCUT2D eigenvalue weighted by Crippen LogP contribution is -2.41. The van der Waals surface area contributed by atoms with E-state index in [0.29, 0.717) is 6.61 Å². The Bertz CT molecular complexity index is 439. The Kier molecular flexibility index (Phi) is 8.36. The highest BCUT2D eigenvalue weighted by Gasteiger charge is 2.28. The van der Waals surface area contributed by atoms with Crippen molar-refractivity contribution in [1.29, 1.82) is 0 Å². The quantitative estimate of drug-likeness (QED) is 0.359. The van der Waals surface area contributed by atoms with E-state index in [9.17, 15) is 0 Å². The first kappa shape index (κ1) is 18.7. The molecule has 1 aliphatic rings. The van der Waals surface area contributed by atoms with Crippen molar-refractivity contribution < 1.29 is 4.18 Å². The molecule has 114 valence electrons. The minimum absolute atomic E-state index is 0. The zero-order valence-electron chi connectivity index (χ0n) is 11.1. The number of fused-ring (bicyclic) bond motifs is 1. The van der Waals surface area contributed by atoms with Crippen molar-refractivity contribution in [3.63, 3.8) is 0 Å². The molecule has 0 fully saturated rings. The van der Waals surface area contributed by atoms with E-state index in [-0.39, 0.29) is 25.7 Å². The molecule has 0 radical (unpaired) electrons. The molecule has 4 nitrogen and oxygen atoms in total. The lowest BCUT2D eigenvalue weighted by Gasteiger charge is -2.27. The van der Waals surface area contributed by atoms with Gasteiger partial charge in [-0.05, 0) is 25.1 Å². The van der Waals surface area contributed by atoms with E-state index in [1.54, 1.807) is 0 Å². The third-order valence-corrected chi connectivity index (χ3v) is 4.53. The van der Waals surface area contributed by atoms with Crippen LogP contribution in [0.15, 0.2) is 22.7 Å². The van der Waals surface area contributed by atoms with Gasteiger partial charge < -0.3 is 20.1 Å². The molecular formula is C12H19BrIN3OS2. The van der Waals surface area contributed by atoms with Crippen molar-refractivity contribution >= 4 is 71.2 Å². The number of anilines is 2. The van der Waals surface area contributed by atoms with Crippen LogP contribution in [-0.4, -0.2) is 25.4 Å². The zero-order chi connectivity index (χ0) is 13.8. The number of benzene rings is 1. The molecule has 0 saturated heterocycles. The molecule has 0 aromatic heterocycles. The molecule has 2 atom stereocenters. The number of hydrogen-bond acceptors (Lipinski definition) is 5. The van der Waals surface area contributed by atoms with E-state index in [1.807, 2.05) is 6.92 Å². The van der Waals surface area contributed by atoms with Gasteiger partial charge >= 0.3 is 0 Å². The van der Waals surface area contributed by atoms with E-state index in [0.717, 1.165) is 23.1 Å². The van der Waals surface area contributed by atoms with Gasteiger partial charge in [-0.25, -0.2) is 0 Å². The summed E-state index contributed by atoms with van der Waals surface area (Å²) in [7, 11) is 1.37. The number of rotatable bonds is 6. The topological polar surface area (TPSA) is 50.5 Å². The Labute approximate surface area is 151 Å². The van der Waals surface area contributed by atoms with Crippen LogP contribution in [0.1, 0.15) is 13.3 Å². The molecule has 20 heavy (non-hydrogen) atoms. The van der Waals surface area contributed by atoms with Crippen molar-refractivity contribution in [2.24, 2.45) is 5.73 Å². The average Bonchev–Trinajstić information content (AvgIpc) is 2.66. The SMILES string of the molecule is CC(N)CC1Nc2cc(Br)ccc2N1CCOSI.S. The van der Waals surface area contributed by atoms with Gasteiger partial charge in [0, 0.05) is 44.7 Å². The van der Waals surface area contributed by atoms with Crippen LogP contribution in [0.3, 0.4) is 0 Å². The fourth-order valence-electron chi connectivity index (χ4n) is 2.28. The molecular weight excluding hydrogens is 473 g/mol. The van der Waals surface area contributed by atoms with Gasteiger partial charge in [0.15, 0.2) is 0 Å². The van der Waals surface area contributed by atoms with Gasteiger partial charge in [-0.15, -0.1) is 0 Å². The molecule has 1 heterocycles. The zero-order valence-corrected chi connectivity index (χ0v) is 16.7. The Morgan fingerprint density at radius 1 is 1.60 bits per heavy atom. The summed E-state index contributed by atoms with van der Waals surface area (Å²) in [4.78, 5) is 2.33. The van der Waals surface area contributed by atoms with Gasteiger partial charge in [0.25, 0.3) is 0 Å². The van der Waals surface area contributed by atoms with E-state index >= 15 is 0 Å². The average molecular weight is 492 g/mol. The first-order valence-corrected chi connectivity index (χ1v) is 10.2. The molecule has 1 aromatic rings. The predicted octanol–water partition coefficient (Wildman–Crippen LogP) is 3.87. The van der Waals surface area contributed by atoms with Crippen molar-refractivity contribution in [1.82, 2.24) is 0 Å². The molecule has 0 spiro atoms. The Morgan fingerprint density at radius 3 is 3.00 bits per heavy atom. The highest BCUT2D eigenvalue weighted by Crippen LogP contribution is 2.37. The summed E-state index contributed by atoms with van der Waals surface area (Å²) in [5.41, 5.74) is 8.31. The lowest BCUT2D eigenvalue weighted by atomic mass is 10.2. The van der Waals surface area contributed by atoms with Crippen molar-refractivity contribution in [3.05, 3.63) is 22.7 Å². The van der Waals surface area contributed by atoms with Crippen LogP contribution in [-0.2, 0) is 4.18 Å². The van der Waals surface area contributed by atoms with Crippen LogP contribution in [0.2, 0.25) is 0 Å². The molecule has 0 bridgehead atoms. The summed E-state index contributed by atoms with van der Waals surface area (Å²) in [6.07, 6.45) is 1.15. The summed E-state index contributed by atoms with van der Waals surface area (Å²) in [6, 6.07) is 6.47. The number of halogens is 2. The van der Waals surface area contributed by atoms with Gasteiger partial charge in [0.1, 0.15) is 6.17 Å². The standard InChI is InChI=1S/C12H17BrIN3OS.H2S/c1-8(15)6-12-16-10-7-9(13)2-3-11(10)17(12)4-5-18-19-14;/h2-3,7-8,12,16H,4-6,15H2,1H3;1H2. The fraction of sp³-hybridized carbons (Fsp3) is 0.500. The highest BCUT2D eigenvalue weighted by atomic mass is 127. The van der Waals surface area contributed by atoms with Crippen LogP contribution < -0.4 is 16.0 Å². The number of nitrogens with one attached hydrogen (secondary N) is 1. The first-order valence-electron chi connectivity index (χ1n) is 6.10. The minimum atomic E-state index is 0. The largest absolute Gasteiger partial charge is 0.363 e. The lowest BCUT2D eigenvalue weighted by molar-refractivity contribution is 0.378. The fourth-order valence-corrected chi connectivity index (χ4v) is 3.32. The Morgan fingerprint density at radius 2 is 2.35 bits per heavy atom. The van der Waals surface area contributed by atoms with E-state index in [1.165, 1.54) is 14.9 Å². The van der Waals surface area contributed by atoms with E-state index < -0.39 is 0 Å². The second-order valence-corrected chi connectivity index (χ2v) is 6.97. The monoisotopic (exact) mass is 491 g/mol. The number of nitrogens with two attached hydrogens (primary N) is 1. The summed E-state index contributed by atoms with van der Waals surface area (Å²) < 4.78 is 6.46. The summed E-state index contributed by atoms with van der Waals surface area (Å²) in [6.45, 7) is 3.59. The molecule has 2 unspecified atom stereocenters. The van der Waals surface area contributed by atoms with Crippen LogP contribution in [0.4, 0.5) is 11.4 Å². The van der Waals surface area contributed by atoms with Crippen LogP contribution in [0, 0.1) is 0 Å². The number of hydrogen-bond donors (Lipinski definition) is 2. The summed E-state index contributed by atoms with van der Waals surface area (Å²) in [5, 5.41) is 3.54. The summed E-state index contributed by atoms with van der Waals surface area (Å²) in [5.74, 6) is 0. The second-order valence-electron chi connectivity index (χ2n) is 4.61. The van der Waals surface area contributed by atoms with Crippen LogP contribution >= 0.6 is 59.8 Å². The van der Waals surface area contributed by atoms with Crippen molar-refractivity contribution in [3.8, 4) is 0 Å². The first-order chi connectivity index (χ1) is 9.11. The second kappa shape index (κ2) is 8.94. The van der Waals surface area contributed by atoms with Crippen LogP contribution in [0.5, 0.6) is 0 Å². The maximum Gasteiger partial charge on any atom is 0.101 e. The molecule has 2 rings (SSSR count). The van der Waals surface area contributed by atoms with Crippen LogP contribution in [0.25, 0.3) is 0 Å². The van der Waals surface area contributed by atoms with Crippen molar-refractivity contribution in [2.45, 2.75) is 25.6 Å². The summed E-state index contributed by atoms with van der Waals surface area (Å²) >= 11 is 5.64. The molecule has 1 aromatic carbocycles. The third-order valence-electron chi connectivity index (χ3n) is 3.02. The Hall–Kier alpha value is 0.650. The molecule has 1 aliphatic heterocycles. The Balaban J connectivity index is 0.00000200. The van der Waals surface area contributed by atoms with Gasteiger partial charge in [-0.1, -0.05) is 15.9 Å². The maximum atomic E-state index is 5.94. The van der Waals surface area contributed by atoms with Crippen molar-refractivity contribution in [2.75, 3.05) is 23.4 Å². The highest BCUT2D eigenvalue weighted by molar-refractivity contribution is 14.2. The molecule has 8 heteroatoms. The van der Waals surface area contributed by atoms with E-state index in [4.69, 9.17) is 9.92 Å². The molecule has 0 saturated carbocycles. The van der Waals surface area contributed by atoms with Gasteiger partial charge in [0.2, 0.25) is 0 Å². The van der Waals surface area contributed by atoms with Gasteiger partial charge in [0.05, 0.1) is 27.2 Å². The molecule has 3 N–H and O–H groups in total. The van der Waals surface area contributed by atoms with Gasteiger partial charge in [-0.2, -0.15) is 13.5 Å². The smallest absolute Gasteiger partial charge is 0.101 e. The normalized spacial score (nSPS) is 18.2.